The van der Waals surface area contributed by atoms with Crippen molar-refractivity contribution in [2.45, 2.75) is 6.54 Å². The number of rotatable bonds is 3. The van der Waals surface area contributed by atoms with E-state index in [9.17, 15) is 4.39 Å². The zero-order valence-electron chi connectivity index (χ0n) is 10.7. The van der Waals surface area contributed by atoms with Gasteiger partial charge in [0.2, 0.25) is 0 Å². The molecule has 0 atom stereocenters. The van der Waals surface area contributed by atoms with Gasteiger partial charge in [0.05, 0.1) is 11.9 Å². The highest BCUT2D eigenvalue weighted by atomic mass is 19.1. The summed E-state index contributed by atoms with van der Waals surface area (Å²) in [5, 5.41) is 7.67. The predicted octanol–water partition coefficient (Wildman–Crippen LogP) is 1.42. The lowest BCUT2D eigenvalue weighted by molar-refractivity contribution is 0.233. The zero-order chi connectivity index (χ0) is 13.1. The number of benzene rings is 1. The fourth-order valence-electron chi connectivity index (χ4n) is 2.30. The molecule has 5 heteroatoms. The third-order valence-corrected chi connectivity index (χ3v) is 3.34. The Morgan fingerprint density at radius 1 is 1.16 bits per heavy atom. The van der Waals surface area contributed by atoms with Crippen molar-refractivity contribution in [1.29, 1.82) is 0 Å². The second kappa shape index (κ2) is 5.50. The largest absolute Gasteiger partial charge is 0.314 e. The van der Waals surface area contributed by atoms with Crippen molar-refractivity contribution in [3.05, 3.63) is 48.0 Å². The predicted molar refractivity (Wildman–Crippen MR) is 71.7 cm³/mol. The van der Waals surface area contributed by atoms with Crippen molar-refractivity contribution < 1.29 is 4.39 Å². The van der Waals surface area contributed by atoms with Gasteiger partial charge >= 0.3 is 0 Å². The summed E-state index contributed by atoms with van der Waals surface area (Å²) in [6.45, 7) is 5.16. The molecule has 19 heavy (non-hydrogen) atoms. The second-order valence-corrected chi connectivity index (χ2v) is 4.80. The average molecular weight is 260 g/mol. The molecule has 0 unspecified atom stereocenters. The highest BCUT2D eigenvalue weighted by Gasteiger charge is 2.11. The number of nitrogens with one attached hydrogen (secondary N) is 1. The molecular weight excluding hydrogens is 243 g/mol. The molecule has 1 N–H and O–H groups in total. The monoisotopic (exact) mass is 260 g/mol. The van der Waals surface area contributed by atoms with Crippen LogP contribution in [0.15, 0.2) is 36.7 Å². The molecule has 100 valence electrons. The van der Waals surface area contributed by atoms with Crippen LogP contribution in [0.2, 0.25) is 0 Å². The molecule has 0 aliphatic carbocycles. The van der Waals surface area contributed by atoms with Crippen molar-refractivity contribution in [2.24, 2.45) is 0 Å². The lowest BCUT2D eigenvalue weighted by atomic mass is 10.3. The third-order valence-electron chi connectivity index (χ3n) is 3.34. The average Bonchev–Trinajstić information content (AvgIpc) is 2.89. The Kier molecular flexibility index (Phi) is 3.57. The Hall–Kier alpha value is -1.72. The number of halogens is 1. The molecule has 4 nitrogen and oxygen atoms in total. The molecule has 0 saturated carbocycles. The Bertz CT molecular complexity index is 529. The highest BCUT2D eigenvalue weighted by molar-refractivity contribution is 5.31. The normalized spacial score (nSPS) is 16.7. The van der Waals surface area contributed by atoms with Gasteiger partial charge in [-0.15, -0.1) is 0 Å². The van der Waals surface area contributed by atoms with E-state index in [0.29, 0.717) is 0 Å². The number of aromatic nitrogens is 2. The molecule has 1 aromatic heterocycles. The van der Waals surface area contributed by atoms with E-state index in [1.807, 2.05) is 12.4 Å². The van der Waals surface area contributed by atoms with Crippen LogP contribution in [-0.2, 0) is 6.54 Å². The van der Waals surface area contributed by atoms with E-state index < -0.39 is 0 Å². The Morgan fingerprint density at radius 3 is 2.63 bits per heavy atom. The quantitative estimate of drug-likeness (QED) is 0.906. The molecule has 0 amide bonds. The minimum absolute atomic E-state index is 0.225. The van der Waals surface area contributed by atoms with Crippen LogP contribution in [0.5, 0.6) is 0 Å². The molecule has 0 bridgehead atoms. The molecular formula is C14H17FN4. The van der Waals surface area contributed by atoms with E-state index >= 15 is 0 Å². The molecule has 0 spiro atoms. The lowest BCUT2D eigenvalue weighted by Crippen LogP contribution is -2.42. The number of hydrogen-bond donors (Lipinski definition) is 1. The lowest BCUT2D eigenvalue weighted by Gasteiger charge is -2.26. The smallest absolute Gasteiger partial charge is 0.123 e. The maximum absolute atomic E-state index is 12.9. The van der Waals surface area contributed by atoms with Crippen molar-refractivity contribution in [3.8, 4) is 5.69 Å². The number of piperazine rings is 1. The first-order chi connectivity index (χ1) is 9.31. The topological polar surface area (TPSA) is 33.1 Å². The molecule has 1 aliphatic rings. The first-order valence-electron chi connectivity index (χ1n) is 6.54. The van der Waals surface area contributed by atoms with Crippen molar-refractivity contribution in [2.75, 3.05) is 26.2 Å². The fraction of sp³-hybridized carbons (Fsp3) is 0.357. The molecule has 3 rings (SSSR count). The summed E-state index contributed by atoms with van der Waals surface area (Å²) < 4.78 is 14.7. The van der Waals surface area contributed by atoms with Gasteiger partial charge in [-0.3, -0.25) is 4.90 Å². The molecule has 0 radical (unpaired) electrons. The van der Waals surface area contributed by atoms with Crippen LogP contribution in [-0.4, -0.2) is 40.9 Å². The third kappa shape index (κ3) is 3.00. The summed E-state index contributed by atoms with van der Waals surface area (Å²) in [6, 6.07) is 6.37. The van der Waals surface area contributed by atoms with Gasteiger partial charge in [0.15, 0.2) is 0 Å². The SMILES string of the molecule is Fc1ccc(-n2cc(CN3CCNCC3)cn2)cc1. The van der Waals surface area contributed by atoms with Crippen LogP contribution in [0.3, 0.4) is 0 Å². The summed E-state index contributed by atoms with van der Waals surface area (Å²) in [6.07, 6.45) is 3.89. The van der Waals surface area contributed by atoms with Crippen LogP contribution in [0.4, 0.5) is 4.39 Å². The number of hydrogen-bond acceptors (Lipinski definition) is 3. The Balaban J connectivity index is 1.70. The van der Waals surface area contributed by atoms with Crippen LogP contribution in [0.1, 0.15) is 5.56 Å². The van der Waals surface area contributed by atoms with E-state index in [1.165, 1.54) is 17.7 Å². The van der Waals surface area contributed by atoms with Gasteiger partial charge in [0.1, 0.15) is 5.82 Å². The van der Waals surface area contributed by atoms with Gasteiger partial charge in [-0.2, -0.15) is 5.10 Å². The summed E-state index contributed by atoms with van der Waals surface area (Å²) in [7, 11) is 0. The standard InChI is InChI=1S/C14H17FN4/c15-13-1-3-14(4-2-13)19-11-12(9-17-19)10-18-7-5-16-6-8-18/h1-4,9,11,16H,5-8,10H2. The highest BCUT2D eigenvalue weighted by Crippen LogP contribution is 2.11. The van der Waals surface area contributed by atoms with Gasteiger partial charge in [0.25, 0.3) is 0 Å². The van der Waals surface area contributed by atoms with E-state index in [1.54, 1.807) is 16.8 Å². The molecule has 2 aromatic rings. The second-order valence-electron chi connectivity index (χ2n) is 4.80. The van der Waals surface area contributed by atoms with E-state index in [2.05, 4.69) is 15.3 Å². The van der Waals surface area contributed by atoms with Gasteiger partial charge in [-0.1, -0.05) is 0 Å². The molecule has 1 saturated heterocycles. The molecule has 1 aromatic carbocycles. The fourth-order valence-corrected chi connectivity index (χ4v) is 2.30. The maximum atomic E-state index is 12.9. The summed E-state index contributed by atoms with van der Waals surface area (Å²) >= 11 is 0. The van der Waals surface area contributed by atoms with Crippen molar-refractivity contribution in [1.82, 2.24) is 20.0 Å². The first-order valence-corrected chi connectivity index (χ1v) is 6.54. The minimum Gasteiger partial charge on any atom is -0.314 e. The van der Waals surface area contributed by atoms with Crippen molar-refractivity contribution in [3.63, 3.8) is 0 Å². The van der Waals surface area contributed by atoms with Crippen molar-refractivity contribution >= 4 is 0 Å². The van der Waals surface area contributed by atoms with E-state index in [4.69, 9.17) is 0 Å². The number of nitrogens with zero attached hydrogens (tertiary/aromatic N) is 3. The maximum Gasteiger partial charge on any atom is 0.123 e. The minimum atomic E-state index is -0.225. The van der Waals surface area contributed by atoms with Crippen LogP contribution < -0.4 is 5.32 Å². The Labute approximate surface area is 111 Å². The van der Waals surface area contributed by atoms with E-state index in [0.717, 1.165) is 38.4 Å². The van der Waals surface area contributed by atoms with Gasteiger partial charge in [-0.25, -0.2) is 9.07 Å². The van der Waals surface area contributed by atoms with E-state index in [-0.39, 0.29) is 5.82 Å². The summed E-state index contributed by atoms with van der Waals surface area (Å²) in [5.74, 6) is -0.225. The molecule has 1 aliphatic heterocycles. The Morgan fingerprint density at radius 2 is 1.89 bits per heavy atom. The molecule has 1 fully saturated rings. The summed E-state index contributed by atoms with van der Waals surface area (Å²) in [5.41, 5.74) is 2.07. The van der Waals surface area contributed by atoms with Gasteiger partial charge < -0.3 is 5.32 Å². The zero-order valence-corrected chi connectivity index (χ0v) is 10.7. The van der Waals surface area contributed by atoms with Gasteiger partial charge in [0, 0.05) is 44.5 Å². The molecule has 2 heterocycles. The van der Waals surface area contributed by atoms with Crippen LogP contribution in [0, 0.1) is 5.82 Å². The first kappa shape index (κ1) is 12.3. The van der Waals surface area contributed by atoms with Crippen LogP contribution >= 0.6 is 0 Å². The van der Waals surface area contributed by atoms with Gasteiger partial charge in [-0.05, 0) is 24.3 Å². The summed E-state index contributed by atoms with van der Waals surface area (Å²) in [4.78, 5) is 2.41. The van der Waals surface area contributed by atoms with Crippen LogP contribution in [0.25, 0.3) is 5.69 Å².